The van der Waals surface area contributed by atoms with Crippen molar-refractivity contribution in [2.45, 2.75) is 178 Å². The van der Waals surface area contributed by atoms with Gasteiger partial charge in [-0.05, 0) is 115 Å². The van der Waals surface area contributed by atoms with Gasteiger partial charge in [0.05, 0.1) is 26.4 Å². The van der Waals surface area contributed by atoms with E-state index >= 15 is 0 Å². The molecular weight excluding hydrogens is 1140 g/mol. The zero-order chi connectivity index (χ0) is 63.3. The first-order valence-corrected chi connectivity index (χ1v) is 36.3. The predicted molar refractivity (Wildman–Crippen MR) is 380 cm³/mol. The molecule has 0 fully saturated rings. The van der Waals surface area contributed by atoms with Crippen LogP contribution in [0.3, 0.4) is 0 Å². The molecule has 0 saturated heterocycles. The number of ether oxygens (including phenoxy) is 4. The summed E-state index contributed by atoms with van der Waals surface area (Å²) in [6.07, 6.45) is 32.7. The van der Waals surface area contributed by atoms with Gasteiger partial charge < -0.3 is 18.9 Å². The van der Waals surface area contributed by atoms with Gasteiger partial charge in [-0.3, -0.25) is 0 Å². The number of hydrogen-bond acceptors (Lipinski definition) is 4. The van der Waals surface area contributed by atoms with Crippen molar-refractivity contribution < 1.29 is 18.9 Å². The zero-order valence-electron chi connectivity index (χ0n) is 55.4. The summed E-state index contributed by atoms with van der Waals surface area (Å²) in [5.74, 6) is 9.97. The first-order valence-electron chi connectivity index (χ1n) is 36.3. The van der Waals surface area contributed by atoms with Gasteiger partial charge in [-0.1, -0.05) is 262 Å². The second kappa shape index (κ2) is 24.3. The fourth-order valence-electron chi connectivity index (χ4n) is 19.6. The Balaban J connectivity index is 0.975. The van der Waals surface area contributed by atoms with Gasteiger partial charge in [-0.15, -0.1) is 12.8 Å². The van der Waals surface area contributed by atoms with E-state index in [0.717, 1.165) is 133 Å². The van der Waals surface area contributed by atoms with E-state index in [2.05, 4.69) is 185 Å². The molecule has 8 bridgehead atoms. The third kappa shape index (κ3) is 8.52. The zero-order valence-corrected chi connectivity index (χ0v) is 55.4. The number of unbranched alkanes of at least 4 members (excludes halogenated alkanes) is 12. The fourth-order valence-corrected chi connectivity index (χ4v) is 19.6. The molecule has 0 radical (unpaired) electrons. The maximum absolute atomic E-state index is 7.81. The fraction of sp³-hybridized carbons (Fsp3) is 0.356. The molecule has 94 heavy (non-hydrogen) atoms. The molecule has 0 heterocycles. The normalized spacial score (nSPS) is 20.1. The highest BCUT2D eigenvalue weighted by molar-refractivity contribution is 5.89. The molecule has 21 rings (SSSR count). The molecule has 4 atom stereocenters. The number of hydrogen-bond donors (Lipinski definition) is 0. The highest BCUT2D eigenvalue weighted by Gasteiger charge is 2.58. The molecule has 0 spiro atoms. The second-order valence-electron chi connectivity index (χ2n) is 28.2. The molecule has 4 nitrogen and oxygen atoms in total. The van der Waals surface area contributed by atoms with E-state index in [1.54, 1.807) is 0 Å². The van der Waals surface area contributed by atoms with Gasteiger partial charge in [0.15, 0.2) is 0 Å². The molecule has 9 aromatic carbocycles. The van der Waals surface area contributed by atoms with E-state index in [4.69, 9.17) is 31.8 Å². The smallest absolute Gasteiger partial charge is 0.128 e. The number of terminal acetylenes is 2. The van der Waals surface area contributed by atoms with Crippen LogP contribution in [0.25, 0.3) is 0 Å². The van der Waals surface area contributed by atoms with Crippen LogP contribution in [0.2, 0.25) is 0 Å². The van der Waals surface area contributed by atoms with Crippen LogP contribution in [0.1, 0.15) is 322 Å². The Labute approximate surface area is 557 Å². The highest BCUT2D eigenvalue weighted by Crippen LogP contribution is 2.73. The van der Waals surface area contributed by atoms with Crippen LogP contribution in [-0.2, 0) is 0 Å². The topological polar surface area (TPSA) is 36.9 Å². The van der Waals surface area contributed by atoms with Gasteiger partial charge in [-0.2, -0.15) is 0 Å². The maximum Gasteiger partial charge on any atom is 0.128 e. The van der Waals surface area contributed by atoms with E-state index in [1.807, 2.05) is 0 Å². The van der Waals surface area contributed by atoms with Crippen LogP contribution in [0.4, 0.5) is 0 Å². The van der Waals surface area contributed by atoms with Gasteiger partial charge >= 0.3 is 0 Å². The molecule has 0 aliphatic heterocycles. The van der Waals surface area contributed by atoms with Gasteiger partial charge in [0, 0.05) is 103 Å². The van der Waals surface area contributed by atoms with E-state index in [-0.39, 0.29) is 47.3 Å². The highest BCUT2D eigenvalue weighted by atomic mass is 16.5. The monoisotopic (exact) mass is 1230 g/mol. The summed E-state index contributed by atoms with van der Waals surface area (Å²) in [6.45, 7) is 11.6. The number of rotatable bonds is 24. The minimum Gasteiger partial charge on any atom is -0.493 e. The predicted octanol–water partition coefficient (Wildman–Crippen LogP) is 21.4. The molecule has 4 heteroatoms. The van der Waals surface area contributed by atoms with Gasteiger partial charge in [0.2, 0.25) is 0 Å². The molecule has 0 unspecified atom stereocenters. The molecule has 12 aliphatic rings. The van der Waals surface area contributed by atoms with Gasteiger partial charge in [0.1, 0.15) is 23.0 Å². The summed E-state index contributed by atoms with van der Waals surface area (Å²) >= 11 is 0. The van der Waals surface area contributed by atoms with Crippen LogP contribution in [0.5, 0.6) is 23.0 Å². The standard InChI is InChI=1S/C90H86O4/c1-7-13-17-33-49-91-87-79-67-55-37-21-23-39-57(55)68(58-40-24-22-38-56(58)67)80(79)88(92-50-34-18-14-8-2)84-76-64-46-30-29-45-63(64)75(83(84)87)71-53(11-5)73-74(54(12-6)72(71)76)78-66-48-32-31-47-65(66)77(73)85-86(78)90(94-52-36-20-16-10-4)82-70-61-43-27-25-41-59(61)69(60-42-26-28-44-62(60)70)81(82)89(85)93-51-35-19-15-9-3/h5-6,21-32,37-48,67-70,75-78H,7-10,13-20,33-36,49-52H2,1-4H3/t67?,68?,69?,70?,75-,76+,77-,78+. The molecule has 0 amide bonds. The van der Waals surface area contributed by atoms with Crippen LogP contribution in [0.15, 0.2) is 146 Å². The van der Waals surface area contributed by atoms with E-state index in [1.165, 1.54) is 137 Å². The van der Waals surface area contributed by atoms with Crippen molar-refractivity contribution in [3.05, 3.63) is 290 Å². The minimum atomic E-state index is -0.308. The van der Waals surface area contributed by atoms with Gasteiger partial charge in [0.25, 0.3) is 0 Å². The third-order valence-electron chi connectivity index (χ3n) is 23.2. The molecule has 0 saturated carbocycles. The molecule has 0 aromatic heterocycles. The summed E-state index contributed by atoms with van der Waals surface area (Å²) in [7, 11) is 0. The molecule has 0 N–H and O–H groups in total. The van der Waals surface area contributed by atoms with E-state index < -0.39 is 0 Å². The van der Waals surface area contributed by atoms with Crippen molar-refractivity contribution in [3.63, 3.8) is 0 Å². The summed E-state index contributed by atoms with van der Waals surface area (Å²) in [5, 5.41) is 0. The maximum atomic E-state index is 7.81. The summed E-state index contributed by atoms with van der Waals surface area (Å²) in [5.41, 5.74) is 32.6. The van der Waals surface area contributed by atoms with Crippen molar-refractivity contribution in [2.24, 2.45) is 0 Å². The van der Waals surface area contributed by atoms with E-state index in [0.29, 0.717) is 26.4 Å². The molecule has 12 aliphatic carbocycles. The third-order valence-corrected chi connectivity index (χ3v) is 23.2. The summed E-state index contributed by atoms with van der Waals surface area (Å²) < 4.78 is 31.2. The Kier molecular flexibility index (Phi) is 15.2. The second-order valence-corrected chi connectivity index (χ2v) is 28.2. The molecular formula is C90H86O4. The van der Waals surface area contributed by atoms with Crippen LogP contribution in [-0.4, -0.2) is 26.4 Å². The van der Waals surface area contributed by atoms with Crippen molar-refractivity contribution >= 4 is 0 Å². The van der Waals surface area contributed by atoms with Crippen LogP contribution >= 0.6 is 0 Å². The Morgan fingerprint density at radius 1 is 0.234 bits per heavy atom. The molecule has 470 valence electrons. The van der Waals surface area contributed by atoms with Crippen molar-refractivity contribution in [2.75, 3.05) is 26.4 Å². The summed E-state index contributed by atoms with van der Waals surface area (Å²) in [6, 6.07) is 55.5. The first kappa shape index (κ1) is 59.1. The SMILES string of the molecule is C#Cc1c2c(c(C#C)c3c1[C@H]1c4ccccc4[C@@H]3c3c(OCCCCCC)c4c(c(OCCCCCC)c31)C1c3ccccc3C4c3ccccc31)[C@@H]1c3ccccc3[C@H]2c2c(OCCCCCC)c3c(c(OCCCCCC)c21)C1c2ccccc2C3c2ccccc21. The average Bonchev–Trinajstić information content (AvgIpc) is 0.652. The van der Waals surface area contributed by atoms with Crippen molar-refractivity contribution in [1.29, 1.82) is 0 Å². The lowest BCUT2D eigenvalue weighted by atomic mass is 9.51. The van der Waals surface area contributed by atoms with E-state index in [9.17, 15) is 0 Å². The lowest BCUT2D eigenvalue weighted by Crippen LogP contribution is -2.38. The Bertz CT molecular complexity index is 3960. The average molecular weight is 1230 g/mol. The number of benzene rings is 9. The van der Waals surface area contributed by atoms with Crippen molar-refractivity contribution in [3.8, 4) is 47.7 Å². The minimum absolute atomic E-state index is 0.0508. The first-order chi connectivity index (χ1) is 46.6. The van der Waals surface area contributed by atoms with Crippen molar-refractivity contribution in [1.82, 2.24) is 0 Å². The largest absolute Gasteiger partial charge is 0.493 e. The quantitative estimate of drug-likeness (QED) is 0.0446. The van der Waals surface area contributed by atoms with Crippen LogP contribution < -0.4 is 18.9 Å². The Morgan fingerprint density at radius 2 is 0.404 bits per heavy atom. The Hall–Kier alpha value is -8.70. The van der Waals surface area contributed by atoms with Gasteiger partial charge in [-0.25, -0.2) is 0 Å². The lowest BCUT2D eigenvalue weighted by Gasteiger charge is -2.52. The molecule has 9 aromatic rings. The lowest BCUT2D eigenvalue weighted by molar-refractivity contribution is 0.282. The summed E-state index contributed by atoms with van der Waals surface area (Å²) in [4.78, 5) is 0. The Morgan fingerprint density at radius 3 is 0.574 bits per heavy atom. The van der Waals surface area contributed by atoms with Crippen LogP contribution in [0, 0.1) is 24.7 Å².